The third-order valence-electron chi connectivity index (χ3n) is 3.05. The molecule has 0 unspecified atom stereocenters. The molecule has 0 saturated heterocycles. The second kappa shape index (κ2) is 4.57. The van der Waals surface area contributed by atoms with Crippen molar-refractivity contribution < 1.29 is 0 Å². The zero-order valence-electron chi connectivity index (χ0n) is 9.19. The molecule has 4 heteroatoms. The van der Waals surface area contributed by atoms with Crippen molar-refractivity contribution in [2.24, 2.45) is 5.73 Å². The Kier molecular flexibility index (Phi) is 3.16. The molecule has 0 radical (unpaired) electrons. The lowest BCUT2D eigenvalue weighted by Crippen LogP contribution is -2.26. The molecule has 1 saturated carbocycles. The lowest BCUT2D eigenvalue weighted by molar-refractivity contribution is 0.408. The van der Waals surface area contributed by atoms with Gasteiger partial charge in [0, 0.05) is 26.1 Å². The van der Waals surface area contributed by atoms with Crippen LogP contribution >= 0.6 is 0 Å². The van der Waals surface area contributed by atoms with Crippen molar-refractivity contribution in [2.75, 3.05) is 25.0 Å². The van der Waals surface area contributed by atoms with E-state index in [2.05, 4.69) is 16.3 Å². The number of hydrogen-bond acceptors (Lipinski definition) is 4. The van der Waals surface area contributed by atoms with Gasteiger partial charge in [0.25, 0.3) is 0 Å². The second-order valence-corrected chi connectivity index (χ2v) is 4.15. The summed E-state index contributed by atoms with van der Waals surface area (Å²) in [6.45, 7) is 1.46. The molecule has 1 heterocycles. The van der Waals surface area contributed by atoms with E-state index in [-0.39, 0.29) is 0 Å². The van der Waals surface area contributed by atoms with Crippen molar-refractivity contribution >= 4 is 5.82 Å². The van der Waals surface area contributed by atoms with Gasteiger partial charge in [-0.1, -0.05) is 6.42 Å². The van der Waals surface area contributed by atoms with E-state index in [1.165, 1.54) is 19.3 Å². The standard InChI is InChI=1S/C11H18N4/c1-15(8-7-12)11-6-5-10(13-14-11)9-3-2-4-9/h5-6,9H,2-4,7-8,12H2,1H3. The van der Waals surface area contributed by atoms with Crippen LogP contribution in [0.4, 0.5) is 5.82 Å². The zero-order chi connectivity index (χ0) is 10.7. The summed E-state index contributed by atoms with van der Waals surface area (Å²) in [5, 5.41) is 8.49. The second-order valence-electron chi connectivity index (χ2n) is 4.15. The Balaban J connectivity index is 2.02. The van der Waals surface area contributed by atoms with E-state index in [9.17, 15) is 0 Å². The van der Waals surface area contributed by atoms with Crippen molar-refractivity contribution in [1.82, 2.24) is 10.2 Å². The summed E-state index contributed by atoms with van der Waals surface area (Å²) in [5.74, 6) is 1.56. The van der Waals surface area contributed by atoms with Gasteiger partial charge in [0.1, 0.15) is 0 Å². The molecule has 0 bridgehead atoms. The normalized spacial score (nSPS) is 16.1. The Labute approximate surface area is 90.5 Å². The Bertz CT molecular complexity index is 305. The van der Waals surface area contributed by atoms with Gasteiger partial charge in [0.2, 0.25) is 0 Å². The van der Waals surface area contributed by atoms with Crippen molar-refractivity contribution in [2.45, 2.75) is 25.2 Å². The predicted molar refractivity (Wildman–Crippen MR) is 60.9 cm³/mol. The van der Waals surface area contributed by atoms with Gasteiger partial charge in [-0.15, -0.1) is 5.10 Å². The average molecular weight is 206 g/mol. The number of hydrogen-bond donors (Lipinski definition) is 1. The molecule has 0 aromatic carbocycles. The molecule has 15 heavy (non-hydrogen) atoms. The molecule has 2 rings (SSSR count). The zero-order valence-corrected chi connectivity index (χ0v) is 9.19. The summed E-state index contributed by atoms with van der Waals surface area (Å²) in [6.07, 6.45) is 3.88. The molecule has 82 valence electrons. The first kappa shape index (κ1) is 10.4. The SMILES string of the molecule is CN(CCN)c1ccc(C2CCC2)nn1. The minimum absolute atomic E-state index is 0.641. The summed E-state index contributed by atoms with van der Waals surface area (Å²) >= 11 is 0. The fourth-order valence-electron chi connectivity index (χ4n) is 1.77. The smallest absolute Gasteiger partial charge is 0.151 e. The number of nitrogens with zero attached hydrogens (tertiary/aromatic N) is 3. The van der Waals surface area contributed by atoms with Crippen LogP contribution in [-0.4, -0.2) is 30.3 Å². The molecule has 0 atom stereocenters. The van der Waals surface area contributed by atoms with Gasteiger partial charge in [-0.05, 0) is 25.0 Å². The largest absolute Gasteiger partial charge is 0.357 e. The first-order valence-electron chi connectivity index (χ1n) is 5.56. The van der Waals surface area contributed by atoms with Gasteiger partial charge in [-0.3, -0.25) is 0 Å². The molecule has 1 aromatic rings. The van der Waals surface area contributed by atoms with Crippen molar-refractivity contribution in [3.8, 4) is 0 Å². The molecule has 4 nitrogen and oxygen atoms in total. The highest BCUT2D eigenvalue weighted by atomic mass is 15.2. The van der Waals surface area contributed by atoms with E-state index in [0.717, 1.165) is 18.1 Å². The molecule has 0 spiro atoms. The van der Waals surface area contributed by atoms with E-state index in [4.69, 9.17) is 5.73 Å². The van der Waals surface area contributed by atoms with Crippen LogP contribution in [-0.2, 0) is 0 Å². The van der Waals surface area contributed by atoms with Crippen LogP contribution in [0.2, 0.25) is 0 Å². The van der Waals surface area contributed by atoms with Crippen molar-refractivity contribution in [1.29, 1.82) is 0 Å². The maximum absolute atomic E-state index is 5.49. The van der Waals surface area contributed by atoms with Crippen molar-refractivity contribution in [3.05, 3.63) is 17.8 Å². The maximum atomic E-state index is 5.49. The van der Waals surface area contributed by atoms with Gasteiger partial charge >= 0.3 is 0 Å². The van der Waals surface area contributed by atoms with Crippen LogP contribution in [0.3, 0.4) is 0 Å². The van der Waals surface area contributed by atoms with Gasteiger partial charge < -0.3 is 10.6 Å². The maximum Gasteiger partial charge on any atom is 0.151 e. The van der Waals surface area contributed by atoms with Crippen LogP contribution in [0.5, 0.6) is 0 Å². The van der Waals surface area contributed by atoms with Crippen LogP contribution in [0.25, 0.3) is 0 Å². The highest BCUT2D eigenvalue weighted by molar-refractivity contribution is 5.36. The number of likely N-dealkylation sites (N-methyl/N-ethyl adjacent to an activating group) is 1. The first-order valence-corrected chi connectivity index (χ1v) is 5.56. The van der Waals surface area contributed by atoms with E-state index in [1.807, 2.05) is 18.0 Å². The molecule has 1 fully saturated rings. The van der Waals surface area contributed by atoms with E-state index in [1.54, 1.807) is 0 Å². The number of nitrogens with two attached hydrogens (primary N) is 1. The fourth-order valence-corrected chi connectivity index (χ4v) is 1.77. The third-order valence-corrected chi connectivity index (χ3v) is 3.05. The Morgan fingerprint density at radius 2 is 2.20 bits per heavy atom. The summed E-state index contributed by atoms with van der Waals surface area (Å²) in [7, 11) is 1.99. The summed E-state index contributed by atoms with van der Waals surface area (Å²) in [4.78, 5) is 2.03. The predicted octanol–water partition coefficient (Wildman–Crippen LogP) is 1.14. The average Bonchev–Trinajstić information content (AvgIpc) is 2.16. The summed E-state index contributed by atoms with van der Waals surface area (Å²) in [5.41, 5.74) is 6.63. The minimum atomic E-state index is 0.641. The lowest BCUT2D eigenvalue weighted by Gasteiger charge is -2.24. The number of rotatable bonds is 4. The number of anilines is 1. The molecule has 0 amide bonds. The molecule has 0 aliphatic heterocycles. The molecule has 1 aliphatic carbocycles. The van der Waals surface area contributed by atoms with Gasteiger partial charge in [-0.25, -0.2) is 0 Å². The molecular formula is C11H18N4. The lowest BCUT2D eigenvalue weighted by atomic mass is 9.83. The highest BCUT2D eigenvalue weighted by Crippen LogP contribution is 2.34. The van der Waals surface area contributed by atoms with Crippen LogP contribution in [0.15, 0.2) is 12.1 Å². The fraction of sp³-hybridized carbons (Fsp3) is 0.636. The third kappa shape index (κ3) is 2.26. The van der Waals surface area contributed by atoms with E-state index >= 15 is 0 Å². The van der Waals surface area contributed by atoms with E-state index < -0.39 is 0 Å². The summed E-state index contributed by atoms with van der Waals surface area (Å²) < 4.78 is 0. The monoisotopic (exact) mass is 206 g/mol. The molecule has 1 aliphatic rings. The Hall–Kier alpha value is -1.16. The Morgan fingerprint density at radius 3 is 2.67 bits per heavy atom. The summed E-state index contributed by atoms with van der Waals surface area (Å²) in [6, 6.07) is 4.13. The van der Waals surface area contributed by atoms with E-state index in [0.29, 0.717) is 12.5 Å². The molecular weight excluding hydrogens is 188 g/mol. The number of aromatic nitrogens is 2. The van der Waals surface area contributed by atoms with Crippen molar-refractivity contribution in [3.63, 3.8) is 0 Å². The topological polar surface area (TPSA) is 55.0 Å². The Morgan fingerprint density at radius 1 is 1.40 bits per heavy atom. The first-order chi connectivity index (χ1) is 7.31. The van der Waals surface area contributed by atoms with Gasteiger partial charge in [0.15, 0.2) is 5.82 Å². The van der Waals surface area contributed by atoms with Gasteiger partial charge in [-0.2, -0.15) is 5.10 Å². The van der Waals surface area contributed by atoms with Gasteiger partial charge in [0.05, 0.1) is 5.69 Å². The molecule has 1 aromatic heterocycles. The highest BCUT2D eigenvalue weighted by Gasteiger charge is 2.21. The quantitative estimate of drug-likeness (QED) is 0.802. The van der Waals surface area contributed by atoms with Crippen LogP contribution in [0, 0.1) is 0 Å². The molecule has 2 N–H and O–H groups in total. The van der Waals surface area contributed by atoms with Crippen LogP contribution in [0.1, 0.15) is 30.9 Å². The van der Waals surface area contributed by atoms with Crippen LogP contribution < -0.4 is 10.6 Å². The minimum Gasteiger partial charge on any atom is -0.357 e.